The number of carboxylic acids is 1. The topological polar surface area (TPSA) is 75.4 Å². The van der Waals surface area contributed by atoms with Crippen LogP contribution in [0.4, 0.5) is 0 Å². The Morgan fingerprint density at radius 1 is 1.56 bits per heavy atom. The molecule has 0 bridgehead atoms. The molecule has 0 aliphatic carbocycles. The number of hydrogen-bond acceptors (Lipinski definition) is 3. The van der Waals surface area contributed by atoms with Crippen LogP contribution in [-0.2, 0) is 11.8 Å². The molecule has 0 saturated carbocycles. The molecule has 1 fully saturated rings. The first-order valence-electron chi connectivity index (χ1n) is 5.12. The Morgan fingerprint density at radius 2 is 2.31 bits per heavy atom. The second-order valence-corrected chi connectivity index (χ2v) is 3.90. The molecule has 2 rings (SSSR count). The van der Waals surface area contributed by atoms with Crippen molar-refractivity contribution < 1.29 is 14.7 Å². The number of nitrogens with zero attached hydrogens (tertiary/aromatic N) is 3. The Morgan fingerprint density at radius 3 is 2.88 bits per heavy atom. The fourth-order valence-electron chi connectivity index (χ4n) is 1.96. The van der Waals surface area contributed by atoms with E-state index in [1.807, 2.05) is 0 Å². The van der Waals surface area contributed by atoms with Crippen molar-refractivity contribution in [3.8, 4) is 0 Å². The van der Waals surface area contributed by atoms with Crippen molar-refractivity contribution in [3.05, 3.63) is 18.0 Å². The van der Waals surface area contributed by atoms with Crippen molar-refractivity contribution in [2.75, 3.05) is 6.54 Å². The van der Waals surface area contributed by atoms with E-state index in [2.05, 4.69) is 5.10 Å². The molecular formula is C10H13N3O3. The third-order valence-corrected chi connectivity index (χ3v) is 2.75. The molecule has 6 nitrogen and oxygen atoms in total. The van der Waals surface area contributed by atoms with Crippen LogP contribution in [0.3, 0.4) is 0 Å². The lowest BCUT2D eigenvalue weighted by atomic mass is 10.2. The molecule has 86 valence electrons. The van der Waals surface area contributed by atoms with Gasteiger partial charge in [-0.15, -0.1) is 0 Å². The number of carbonyl (C=O) groups excluding carboxylic acids is 1. The maximum atomic E-state index is 12.0. The average molecular weight is 223 g/mol. The Labute approximate surface area is 92.5 Å². The molecule has 1 unspecified atom stereocenters. The highest BCUT2D eigenvalue weighted by Gasteiger charge is 2.34. The van der Waals surface area contributed by atoms with E-state index in [1.165, 1.54) is 15.8 Å². The fraction of sp³-hybridized carbons (Fsp3) is 0.500. The number of carbonyl (C=O) groups is 2. The highest BCUT2D eigenvalue weighted by atomic mass is 16.4. The van der Waals surface area contributed by atoms with Gasteiger partial charge in [0.25, 0.3) is 5.91 Å². The molecule has 1 aromatic rings. The van der Waals surface area contributed by atoms with E-state index in [0.29, 0.717) is 18.5 Å². The average Bonchev–Trinajstić information content (AvgIpc) is 2.84. The lowest BCUT2D eigenvalue weighted by molar-refractivity contribution is -0.141. The predicted octanol–water partition coefficient (Wildman–Crippen LogP) is 0.109. The van der Waals surface area contributed by atoms with Crippen molar-refractivity contribution in [1.82, 2.24) is 14.7 Å². The first-order valence-corrected chi connectivity index (χ1v) is 5.12. The molecule has 16 heavy (non-hydrogen) atoms. The lowest BCUT2D eigenvalue weighted by Crippen LogP contribution is -2.40. The summed E-state index contributed by atoms with van der Waals surface area (Å²) in [6.07, 6.45) is 4.32. The minimum absolute atomic E-state index is 0.252. The van der Waals surface area contributed by atoms with E-state index in [1.54, 1.807) is 13.2 Å². The van der Waals surface area contributed by atoms with Crippen LogP contribution >= 0.6 is 0 Å². The molecule has 2 heterocycles. The van der Waals surface area contributed by atoms with E-state index < -0.39 is 12.0 Å². The van der Waals surface area contributed by atoms with E-state index in [9.17, 15) is 9.59 Å². The zero-order valence-corrected chi connectivity index (χ0v) is 8.96. The summed E-state index contributed by atoms with van der Waals surface area (Å²) in [5.74, 6) is -1.19. The smallest absolute Gasteiger partial charge is 0.326 e. The number of aromatic nitrogens is 2. The highest BCUT2D eigenvalue weighted by molar-refractivity contribution is 5.96. The zero-order valence-electron chi connectivity index (χ0n) is 8.96. The molecule has 1 aromatic heterocycles. The van der Waals surface area contributed by atoms with Gasteiger partial charge in [-0.1, -0.05) is 0 Å². The third kappa shape index (κ3) is 1.78. The highest BCUT2D eigenvalue weighted by Crippen LogP contribution is 2.19. The minimum atomic E-state index is -0.935. The Kier molecular flexibility index (Phi) is 2.64. The number of amides is 1. The van der Waals surface area contributed by atoms with Crippen LogP contribution in [0.25, 0.3) is 0 Å². The molecule has 6 heteroatoms. The second kappa shape index (κ2) is 3.96. The van der Waals surface area contributed by atoms with E-state index in [-0.39, 0.29) is 5.91 Å². The molecule has 0 radical (unpaired) electrons. The number of aryl methyl sites for hydroxylation is 1. The van der Waals surface area contributed by atoms with E-state index in [0.717, 1.165) is 6.42 Å². The maximum Gasteiger partial charge on any atom is 0.326 e. The molecule has 1 aliphatic heterocycles. The molecular weight excluding hydrogens is 210 g/mol. The SMILES string of the molecule is Cn1cc(C(=O)N2CCCC2C(=O)O)cn1. The van der Waals surface area contributed by atoms with Gasteiger partial charge in [-0.2, -0.15) is 5.10 Å². The van der Waals surface area contributed by atoms with Gasteiger partial charge in [0.05, 0.1) is 11.8 Å². The first-order chi connectivity index (χ1) is 7.59. The summed E-state index contributed by atoms with van der Waals surface area (Å²) >= 11 is 0. The van der Waals surface area contributed by atoms with Gasteiger partial charge in [-0.3, -0.25) is 9.48 Å². The van der Waals surface area contributed by atoms with E-state index >= 15 is 0 Å². The van der Waals surface area contributed by atoms with Crippen molar-refractivity contribution >= 4 is 11.9 Å². The minimum Gasteiger partial charge on any atom is -0.480 e. The summed E-state index contributed by atoms with van der Waals surface area (Å²) in [5.41, 5.74) is 0.440. The van der Waals surface area contributed by atoms with Gasteiger partial charge >= 0.3 is 5.97 Å². The monoisotopic (exact) mass is 223 g/mol. The Balaban J connectivity index is 2.18. The summed E-state index contributed by atoms with van der Waals surface area (Å²) in [6, 6.07) is -0.687. The van der Waals surface area contributed by atoms with Crippen LogP contribution in [-0.4, -0.2) is 44.3 Å². The number of carboxylic acid groups (broad SMARTS) is 1. The molecule has 1 N–H and O–H groups in total. The first kappa shape index (κ1) is 10.7. The predicted molar refractivity (Wildman–Crippen MR) is 54.9 cm³/mol. The fourth-order valence-corrected chi connectivity index (χ4v) is 1.96. The summed E-state index contributed by atoms with van der Waals surface area (Å²) in [6.45, 7) is 0.505. The number of hydrogen-bond donors (Lipinski definition) is 1. The molecule has 1 amide bonds. The number of rotatable bonds is 2. The summed E-state index contributed by atoms with van der Waals surface area (Å²) in [5, 5.41) is 12.9. The standard InChI is InChI=1S/C10H13N3O3/c1-12-6-7(5-11-12)9(14)13-4-2-3-8(13)10(15)16/h5-6,8H,2-4H2,1H3,(H,15,16). The van der Waals surface area contributed by atoms with Crippen molar-refractivity contribution in [1.29, 1.82) is 0 Å². The van der Waals surface area contributed by atoms with Gasteiger partial charge in [0.15, 0.2) is 0 Å². The number of aliphatic carboxylic acids is 1. The van der Waals surface area contributed by atoms with Crippen LogP contribution in [0.15, 0.2) is 12.4 Å². The van der Waals surface area contributed by atoms with Gasteiger partial charge in [0.1, 0.15) is 6.04 Å². The summed E-state index contributed by atoms with van der Waals surface area (Å²) in [4.78, 5) is 24.3. The maximum absolute atomic E-state index is 12.0. The molecule has 1 atom stereocenters. The molecule has 1 saturated heterocycles. The Hall–Kier alpha value is -1.85. The summed E-state index contributed by atoms with van der Waals surface area (Å²) < 4.78 is 1.53. The largest absolute Gasteiger partial charge is 0.480 e. The van der Waals surface area contributed by atoms with Crippen molar-refractivity contribution in [3.63, 3.8) is 0 Å². The zero-order chi connectivity index (χ0) is 11.7. The van der Waals surface area contributed by atoms with Gasteiger partial charge in [-0.25, -0.2) is 4.79 Å². The quantitative estimate of drug-likeness (QED) is 0.772. The summed E-state index contributed by atoms with van der Waals surface area (Å²) in [7, 11) is 1.72. The molecule has 0 spiro atoms. The van der Waals surface area contributed by atoms with E-state index in [4.69, 9.17) is 5.11 Å². The Bertz CT molecular complexity index is 427. The molecule has 0 aromatic carbocycles. The second-order valence-electron chi connectivity index (χ2n) is 3.90. The van der Waals surface area contributed by atoms with Gasteiger partial charge < -0.3 is 10.0 Å². The number of likely N-dealkylation sites (tertiary alicyclic amines) is 1. The van der Waals surface area contributed by atoms with Gasteiger partial charge in [0, 0.05) is 19.8 Å². The lowest BCUT2D eigenvalue weighted by Gasteiger charge is -2.20. The van der Waals surface area contributed by atoms with Crippen molar-refractivity contribution in [2.45, 2.75) is 18.9 Å². The van der Waals surface area contributed by atoms with Crippen LogP contribution in [0.1, 0.15) is 23.2 Å². The van der Waals surface area contributed by atoms with Crippen LogP contribution < -0.4 is 0 Å². The van der Waals surface area contributed by atoms with Crippen LogP contribution in [0.5, 0.6) is 0 Å². The van der Waals surface area contributed by atoms with Crippen LogP contribution in [0.2, 0.25) is 0 Å². The normalized spacial score (nSPS) is 20.1. The van der Waals surface area contributed by atoms with Crippen molar-refractivity contribution in [2.24, 2.45) is 7.05 Å². The molecule has 1 aliphatic rings. The third-order valence-electron chi connectivity index (χ3n) is 2.75. The van der Waals surface area contributed by atoms with Crippen LogP contribution in [0, 0.1) is 0 Å². The van der Waals surface area contributed by atoms with Gasteiger partial charge in [0.2, 0.25) is 0 Å². The van der Waals surface area contributed by atoms with Gasteiger partial charge in [-0.05, 0) is 12.8 Å².